The Morgan fingerprint density at radius 3 is 2.50 bits per heavy atom. The number of carbonyl (C=O) groups is 1. The van der Waals surface area contributed by atoms with E-state index in [4.69, 9.17) is 24.3 Å². The zero-order valence-corrected chi connectivity index (χ0v) is 21.5. The lowest BCUT2D eigenvalue weighted by Gasteiger charge is -2.12. The zero-order valence-electron chi connectivity index (χ0n) is 21.5. The van der Waals surface area contributed by atoms with Gasteiger partial charge < -0.3 is 14.2 Å². The van der Waals surface area contributed by atoms with Crippen LogP contribution in [-0.2, 0) is 11.3 Å². The number of hydrogen-bond donors (Lipinski definition) is 0. The van der Waals surface area contributed by atoms with E-state index in [0.29, 0.717) is 33.9 Å². The number of aromatic nitrogens is 4. The Hall–Kier alpha value is -4.92. The number of pyridine rings is 1. The summed E-state index contributed by atoms with van der Waals surface area (Å²) >= 11 is 0. The molecule has 0 unspecified atom stereocenters. The van der Waals surface area contributed by atoms with Gasteiger partial charge in [0.25, 0.3) is 5.56 Å². The van der Waals surface area contributed by atoms with Gasteiger partial charge in [0.2, 0.25) is 0 Å². The lowest BCUT2D eigenvalue weighted by atomic mass is 10.1. The first-order valence-corrected chi connectivity index (χ1v) is 11.9. The normalized spacial score (nSPS) is 10.9. The highest BCUT2D eigenvalue weighted by molar-refractivity contribution is 5.89. The predicted octanol–water partition coefficient (Wildman–Crippen LogP) is 4.54. The van der Waals surface area contributed by atoms with Gasteiger partial charge in [0.05, 0.1) is 36.7 Å². The van der Waals surface area contributed by atoms with Crippen LogP contribution in [0, 0.1) is 13.8 Å². The summed E-state index contributed by atoms with van der Waals surface area (Å²) in [6.07, 6.45) is 1.66. The molecule has 5 aromatic rings. The van der Waals surface area contributed by atoms with Crippen molar-refractivity contribution < 1.29 is 19.0 Å². The van der Waals surface area contributed by atoms with E-state index in [1.54, 1.807) is 55.2 Å². The molecular weight excluding hydrogens is 484 g/mol. The molecule has 0 radical (unpaired) electrons. The van der Waals surface area contributed by atoms with Crippen molar-refractivity contribution in [3.05, 3.63) is 106 Å². The fraction of sp³-hybridized carbons (Fsp3) is 0.172. The Bertz CT molecular complexity index is 1700. The Morgan fingerprint density at radius 1 is 0.974 bits per heavy atom. The number of aryl methyl sites for hydroxylation is 2. The molecule has 0 bridgehead atoms. The highest BCUT2D eigenvalue weighted by Crippen LogP contribution is 2.25. The molecule has 9 heteroatoms. The van der Waals surface area contributed by atoms with Gasteiger partial charge in [0.15, 0.2) is 11.4 Å². The van der Waals surface area contributed by atoms with Crippen LogP contribution in [0.2, 0.25) is 0 Å². The summed E-state index contributed by atoms with van der Waals surface area (Å²) in [7, 11) is 2.96. The molecule has 0 atom stereocenters. The van der Waals surface area contributed by atoms with Crippen LogP contribution >= 0.6 is 0 Å². The SMILES string of the molecule is COC(=O)c1cccc(COc2cccn3c(=O)c(-c4cc(C)n(-c5ccc(OC)cc5)n4)c(C)nc23)c1. The van der Waals surface area contributed by atoms with Gasteiger partial charge in [-0.3, -0.25) is 9.20 Å². The van der Waals surface area contributed by atoms with Crippen molar-refractivity contribution in [3.8, 4) is 28.4 Å². The molecule has 0 aliphatic carbocycles. The van der Waals surface area contributed by atoms with Crippen LogP contribution < -0.4 is 15.0 Å². The van der Waals surface area contributed by atoms with E-state index in [-0.39, 0.29) is 12.2 Å². The van der Waals surface area contributed by atoms with Crippen LogP contribution in [0.5, 0.6) is 11.5 Å². The lowest BCUT2D eigenvalue weighted by molar-refractivity contribution is 0.0600. The average molecular weight is 511 g/mol. The molecule has 0 amide bonds. The monoisotopic (exact) mass is 510 g/mol. The predicted molar refractivity (Wildman–Crippen MR) is 142 cm³/mol. The minimum Gasteiger partial charge on any atom is -0.497 e. The van der Waals surface area contributed by atoms with E-state index in [2.05, 4.69) is 0 Å². The van der Waals surface area contributed by atoms with Crippen LogP contribution in [-0.4, -0.2) is 39.4 Å². The maximum absolute atomic E-state index is 13.6. The van der Waals surface area contributed by atoms with E-state index < -0.39 is 5.97 Å². The number of hydrogen-bond acceptors (Lipinski definition) is 7. The Labute approximate surface area is 218 Å². The highest BCUT2D eigenvalue weighted by Gasteiger charge is 2.18. The molecule has 0 saturated heterocycles. The number of nitrogens with zero attached hydrogens (tertiary/aromatic N) is 4. The Morgan fingerprint density at radius 2 is 1.76 bits per heavy atom. The molecule has 3 heterocycles. The minimum atomic E-state index is -0.418. The summed E-state index contributed by atoms with van der Waals surface area (Å²) in [5.74, 6) is 0.779. The fourth-order valence-electron chi connectivity index (χ4n) is 4.30. The van der Waals surface area contributed by atoms with Gasteiger partial charge in [0, 0.05) is 11.9 Å². The molecular formula is C29H26N4O5. The van der Waals surface area contributed by atoms with Gasteiger partial charge in [-0.2, -0.15) is 5.10 Å². The highest BCUT2D eigenvalue weighted by atomic mass is 16.5. The first-order valence-electron chi connectivity index (χ1n) is 11.9. The largest absolute Gasteiger partial charge is 0.497 e. The number of esters is 1. The molecule has 3 aromatic heterocycles. The molecule has 9 nitrogen and oxygen atoms in total. The molecule has 5 rings (SSSR count). The number of methoxy groups -OCH3 is 2. The van der Waals surface area contributed by atoms with Crippen molar-refractivity contribution in [3.63, 3.8) is 0 Å². The summed E-state index contributed by atoms with van der Waals surface area (Å²) in [4.78, 5) is 30.2. The molecule has 192 valence electrons. The lowest BCUT2D eigenvalue weighted by Crippen LogP contribution is -2.19. The van der Waals surface area contributed by atoms with E-state index >= 15 is 0 Å². The number of benzene rings is 2. The van der Waals surface area contributed by atoms with Crippen molar-refractivity contribution >= 4 is 11.6 Å². The second kappa shape index (κ2) is 10.2. The molecule has 0 aliphatic rings. The van der Waals surface area contributed by atoms with E-state index in [1.165, 1.54) is 11.5 Å². The van der Waals surface area contributed by atoms with Gasteiger partial charge >= 0.3 is 5.97 Å². The van der Waals surface area contributed by atoms with Crippen LogP contribution in [0.3, 0.4) is 0 Å². The second-order valence-electron chi connectivity index (χ2n) is 8.70. The summed E-state index contributed by atoms with van der Waals surface area (Å²) in [6, 6.07) is 19.9. The first kappa shape index (κ1) is 24.8. The quantitative estimate of drug-likeness (QED) is 0.297. The molecule has 0 spiro atoms. The van der Waals surface area contributed by atoms with E-state index in [9.17, 15) is 9.59 Å². The maximum atomic E-state index is 13.6. The molecule has 2 aromatic carbocycles. The van der Waals surface area contributed by atoms with Gasteiger partial charge in [-0.25, -0.2) is 14.5 Å². The molecule has 0 saturated carbocycles. The van der Waals surface area contributed by atoms with Gasteiger partial charge in [-0.15, -0.1) is 0 Å². The van der Waals surface area contributed by atoms with Gasteiger partial charge in [-0.1, -0.05) is 12.1 Å². The van der Waals surface area contributed by atoms with Crippen LogP contribution in [0.15, 0.2) is 77.7 Å². The summed E-state index contributed by atoms with van der Waals surface area (Å²) in [5.41, 5.74) is 4.59. The minimum absolute atomic E-state index is 0.187. The zero-order chi connectivity index (χ0) is 26.8. The van der Waals surface area contributed by atoms with Crippen molar-refractivity contribution in [2.75, 3.05) is 14.2 Å². The molecule has 0 N–H and O–H groups in total. The Balaban J connectivity index is 1.49. The number of carbonyl (C=O) groups excluding carboxylic acids is 1. The van der Waals surface area contributed by atoms with Crippen molar-refractivity contribution in [1.82, 2.24) is 19.2 Å². The summed E-state index contributed by atoms with van der Waals surface area (Å²) in [5, 5.41) is 4.72. The summed E-state index contributed by atoms with van der Waals surface area (Å²) in [6.45, 7) is 3.91. The molecule has 38 heavy (non-hydrogen) atoms. The van der Waals surface area contributed by atoms with Crippen molar-refractivity contribution in [1.29, 1.82) is 0 Å². The number of fused-ring (bicyclic) bond motifs is 1. The van der Waals surface area contributed by atoms with Gasteiger partial charge in [0.1, 0.15) is 18.1 Å². The maximum Gasteiger partial charge on any atom is 0.337 e. The number of ether oxygens (including phenoxy) is 3. The molecule has 0 fully saturated rings. The summed E-state index contributed by atoms with van der Waals surface area (Å²) < 4.78 is 19.3. The van der Waals surface area contributed by atoms with Crippen LogP contribution in [0.4, 0.5) is 0 Å². The third-order valence-corrected chi connectivity index (χ3v) is 6.20. The Kier molecular flexibility index (Phi) is 6.66. The van der Waals surface area contributed by atoms with Gasteiger partial charge in [-0.05, 0) is 74.0 Å². The average Bonchev–Trinajstić information content (AvgIpc) is 3.32. The molecule has 0 aliphatic heterocycles. The van der Waals surface area contributed by atoms with E-state index in [1.807, 2.05) is 43.3 Å². The standard InChI is InChI=1S/C29H26N4O5/c1-18-15-24(31-33(18)22-10-12-23(36-3)13-11-22)26-19(2)30-27-25(9-6-14-32(27)28(26)34)38-17-20-7-5-8-21(16-20)29(35)37-4/h5-16H,17H2,1-4H3. The fourth-order valence-corrected chi connectivity index (χ4v) is 4.30. The third-order valence-electron chi connectivity index (χ3n) is 6.20. The van der Waals surface area contributed by atoms with Crippen LogP contribution in [0.25, 0.3) is 22.6 Å². The third kappa shape index (κ3) is 4.61. The number of rotatable bonds is 7. The van der Waals surface area contributed by atoms with Crippen LogP contribution in [0.1, 0.15) is 27.3 Å². The van der Waals surface area contributed by atoms with Crippen molar-refractivity contribution in [2.45, 2.75) is 20.5 Å². The second-order valence-corrected chi connectivity index (χ2v) is 8.70. The topological polar surface area (TPSA) is 97.0 Å². The first-order chi connectivity index (χ1) is 18.4. The van der Waals surface area contributed by atoms with Crippen molar-refractivity contribution in [2.24, 2.45) is 0 Å². The smallest absolute Gasteiger partial charge is 0.337 e. The van der Waals surface area contributed by atoms with E-state index in [0.717, 1.165) is 22.7 Å².